The van der Waals surface area contributed by atoms with Crippen LogP contribution in [-0.2, 0) is 4.79 Å². The van der Waals surface area contributed by atoms with Crippen LogP contribution in [0.15, 0.2) is 6.07 Å². The number of rotatable bonds is 3. The molecule has 1 aromatic heterocycles. The Morgan fingerprint density at radius 1 is 1.38 bits per heavy atom. The summed E-state index contributed by atoms with van der Waals surface area (Å²) < 4.78 is 0.807. The lowest BCUT2D eigenvalue weighted by molar-refractivity contribution is -0.132. The second-order valence-corrected chi connectivity index (χ2v) is 6.82. The molecule has 0 atom stereocenters. The predicted molar refractivity (Wildman–Crippen MR) is 88.0 cm³/mol. The van der Waals surface area contributed by atoms with Crippen molar-refractivity contribution in [2.24, 2.45) is 0 Å². The zero-order valence-corrected chi connectivity index (χ0v) is 14.5. The van der Waals surface area contributed by atoms with Crippen molar-refractivity contribution in [1.82, 2.24) is 15.1 Å². The van der Waals surface area contributed by atoms with Crippen molar-refractivity contribution in [3.8, 4) is 0 Å². The van der Waals surface area contributed by atoms with E-state index >= 15 is 0 Å². The minimum Gasteiger partial charge on any atom is -0.339 e. The van der Waals surface area contributed by atoms with E-state index in [1.54, 1.807) is 11.9 Å². The number of nitrogens with zero attached hydrogens (tertiary/aromatic N) is 2. The quantitative estimate of drug-likeness (QED) is 0.883. The fourth-order valence-electron chi connectivity index (χ4n) is 1.98. The molecule has 2 heterocycles. The Morgan fingerprint density at radius 2 is 2.00 bits per heavy atom. The third-order valence-corrected chi connectivity index (χ3v) is 4.56. The van der Waals surface area contributed by atoms with Crippen molar-refractivity contribution in [3.63, 3.8) is 0 Å². The van der Waals surface area contributed by atoms with Crippen molar-refractivity contribution in [2.45, 2.75) is 0 Å². The van der Waals surface area contributed by atoms with E-state index in [0.29, 0.717) is 27.3 Å². The van der Waals surface area contributed by atoms with Gasteiger partial charge in [-0.2, -0.15) is 0 Å². The van der Waals surface area contributed by atoms with Gasteiger partial charge in [0, 0.05) is 33.2 Å². The van der Waals surface area contributed by atoms with Gasteiger partial charge < -0.3 is 15.1 Å². The van der Waals surface area contributed by atoms with E-state index in [2.05, 4.69) is 5.32 Å². The van der Waals surface area contributed by atoms with E-state index in [0.717, 1.165) is 24.4 Å². The second kappa shape index (κ2) is 8.19. The zero-order chi connectivity index (χ0) is 14.7. The highest BCUT2D eigenvalue weighted by atomic mass is 35.5. The molecule has 0 aliphatic carbocycles. The summed E-state index contributed by atoms with van der Waals surface area (Å²) in [6.45, 7) is 2.96. The molecule has 0 radical (unpaired) electrons. The predicted octanol–water partition coefficient (Wildman–Crippen LogP) is 1.98. The van der Waals surface area contributed by atoms with Crippen LogP contribution in [0.5, 0.6) is 0 Å². The number of carbonyl (C=O) groups is 2. The third kappa shape index (κ3) is 4.72. The number of nitrogens with one attached hydrogen (secondary N) is 1. The molecule has 1 aromatic rings. The Kier molecular flexibility index (Phi) is 7.23. The van der Waals surface area contributed by atoms with Gasteiger partial charge in [-0.15, -0.1) is 23.7 Å². The van der Waals surface area contributed by atoms with E-state index in [9.17, 15) is 9.59 Å². The van der Waals surface area contributed by atoms with Gasteiger partial charge in [-0.25, -0.2) is 0 Å². The molecule has 5 nitrogen and oxygen atoms in total. The molecule has 21 heavy (non-hydrogen) atoms. The van der Waals surface area contributed by atoms with Crippen molar-refractivity contribution in [3.05, 3.63) is 20.3 Å². The van der Waals surface area contributed by atoms with Gasteiger partial charge >= 0.3 is 0 Å². The first-order chi connectivity index (χ1) is 9.49. The molecule has 0 aromatic carbocycles. The maximum absolute atomic E-state index is 12.2. The van der Waals surface area contributed by atoms with E-state index < -0.39 is 0 Å². The molecule has 0 spiro atoms. The smallest absolute Gasteiger partial charge is 0.256 e. The summed E-state index contributed by atoms with van der Waals surface area (Å²) >= 11 is 12.9. The monoisotopic (exact) mass is 371 g/mol. The van der Waals surface area contributed by atoms with Gasteiger partial charge in [-0.05, 0) is 6.07 Å². The molecule has 0 saturated carbocycles. The SMILES string of the molecule is CN(CC(=O)N1CCNCC1)C(=O)c1cc(Cl)sc1Cl.Cl. The van der Waals surface area contributed by atoms with Crippen molar-refractivity contribution in [1.29, 1.82) is 0 Å². The van der Waals surface area contributed by atoms with Crippen molar-refractivity contribution in [2.75, 3.05) is 39.8 Å². The third-order valence-electron chi connectivity index (χ3n) is 3.08. The Morgan fingerprint density at radius 3 is 2.52 bits per heavy atom. The zero-order valence-electron chi connectivity index (χ0n) is 11.4. The van der Waals surface area contributed by atoms with E-state index in [4.69, 9.17) is 23.2 Å². The lowest BCUT2D eigenvalue weighted by atomic mass is 10.3. The highest BCUT2D eigenvalue weighted by molar-refractivity contribution is 7.20. The molecule has 0 unspecified atom stereocenters. The Bertz CT molecular complexity index is 518. The molecule has 1 aliphatic heterocycles. The van der Waals surface area contributed by atoms with Gasteiger partial charge in [-0.1, -0.05) is 23.2 Å². The lowest BCUT2D eigenvalue weighted by Crippen LogP contribution is -2.49. The molecular formula is C12H16Cl3N3O2S. The maximum Gasteiger partial charge on any atom is 0.256 e. The van der Waals surface area contributed by atoms with Crippen LogP contribution in [0.3, 0.4) is 0 Å². The summed E-state index contributed by atoms with van der Waals surface area (Å²) in [5.41, 5.74) is 0.345. The Balaban J connectivity index is 0.00000220. The normalized spacial score (nSPS) is 14.5. The summed E-state index contributed by atoms with van der Waals surface area (Å²) in [6, 6.07) is 1.53. The van der Waals surface area contributed by atoms with Crippen molar-refractivity contribution < 1.29 is 9.59 Å². The fourth-order valence-corrected chi connectivity index (χ4v) is 3.43. The van der Waals surface area contributed by atoms with Crippen LogP contribution in [0, 0.1) is 0 Å². The molecule has 118 valence electrons. The standard InChI is InChI=1S/C12H15Cl2N3O2S.ClH/c1-16(7-10(18)17-4-2-15-3-5-17)12(19)8-6-9(13)20-11(8)14;/h6,15H,2-5,7H2,1H3;1H. The van der Waals surface area contributed by atoms with Gasteiger partial charge in [0.2, 0.25) is 5.91 Å². The first-order valence-corrected chi connectivity index (χ1v) is 7.75. The van der Waals surface area contributed by atoms with Crippen LogP contribution in [0.25, 0.3) is 0 Å². The van der Waals surface area contributed by atoms with Crippen molar-refractivity contribution >= 4 is 58.8 Å². The van der Waals surface area contributed by atoms with E-state index in [-0.39, 0.29) is 30.8 Å². The van der Waals surface area contributed by atoms with Gasteiger partial charge in [0.25, 0.3) is 5.91 Å². The van der Waals surface area contributed by atoms with Crippen LogP contribution in [0.4, 0.5) is 0 Å². The minimum atomic E-state index is -0.290. The Hall–Kier alpha value is -0.530. The van der Waals surface area contributed by atoms with E-state index in [1.165, 1.54) is 11.0 Å². The van der Waals surface area contributed by atoms with Gasteiger partial charge in [0.15, 0.2) is 0 Å². The number of carbonyl (C=O) groups excluding carboxylic acids is 2. The average Bonchev–Trinajstić information content (AvgIpc) is 2.77. The molecule has 2 amide bonds. The molecule has 0 bridgehead atoms. The maximum atomic E-state index is 12.2. The Labute approximate surface area is 143 Å². The fraction of sp³-hybridized carbons (Fsp3) is 0.500. The topological polar surface area (TPSA) is 52.7 Å². The summed E-state index contributed by atoms with van der Waals surface area (Å²) in [5.74, 6) is -0.346. The number of halogens is 3. The first kappa shape index (κ1) is 18.5. The number of amides is 2. The van der Waals surface area contributed by atoms with Crippen LogP contribution in [0.2, 0.25) is 8.67 Å². The van der Waals surface area contributed by atoms with Crippen LogP contribution in [-0.4, -0.2) is 61.4 Å². The summed E-state index contributed by atoms with van der Waals surface area (Å²) in [6.07, 6.45) is 0. The molecule has 2 rings (SSSR count). The molecule has 1 aliphatic rings. The largest absolute Gasteiger partial charge is 0.339 e. The minimum absolute atomic E-state index is 0. The summed E-state index contributed by atoms with van der Waals surface area (Å²) in [5, 5.41) is 3.18. The summed E-state index contributed by atoms with van der Waals surface area (Å²) in [7, 11) is 1.59. The van der Waals surface area contributed by atoms with Gasteiger partial charge in [-0.3, -0.25) is 9.59 Å². The number of hydrogen-bond acceptors (Lipinski definition) is 4. The van der Waals surface area contributed by atoms with Gasteiger partial charge in [0.05, 0.1) is 16.4 Å². The number of hydrogen-bond donors (Lipinski definition) is 1. The van der Waals surface area contributed by atoms with Gasteiger partial charge in [0.1, 0.15) is 4.34 Å². The van der Waals surface area contributed by atoms with Crippen LogP contribution in [0.1, 0.15) is 10.4 Å². The average molecular weight is 373 g/mol. The van der Waals surface area contributed by atoms with Crippen LogP contribution < -0.4 is 5.32 Å². The highest BCUT2D eigenvalue weighted by Gasteiger charge is 2.23. The molecule has 1 saturated heterocycles. The molecule has 1 N–H and O–H groups in total. The molecule has 1 fully saturated rings. The number of piperazine rings is 1. The molecular weight excluding hydrogens is 357 g/mol. The summed E-state index contributed by atoms with van der Waals surface area (Å²) in [4.78, 5) is 27.4. The lowest BCUT2D eigenvalue weighted by Gasteiger charge is -2.29. The highest BCUT2D eigenvalue weighted by Crippen LogP contribution is 2.31. The number of likely N-dealkylation sites (N-methyl/N-ethyl adjacent to an activating group) is 1. The second-order valence-electron chi connectivity index (χ2n) is 4.53. The number of thiophene rings is 1. The van der Waals surface area contributed by atoms with Crippen LogP contribution >= 0.6 is 46.9 Å². The van der Waals surface area contributed by atoms with E-state index in [1.807, 2.05) is 0 Å². The first-order valence-electron chi connectivity index (χ1n) is 6.18. The molecule has 9 heteroatoms.